The molecular formula is C20H19N5O5. The van der Waals surface area contributed by atoms with Gasteiger partial charge in [0.15, 0.2) is 11.6 Å². The van der Waals surface area contributed by atoms with Crippen molar-refractivity contribution in [3.8, 4) is 11.8 Å². The summed E-state index contributed by atoms with van der Waals surface area (Å²) in [7, 11) is 0. The van der Waals surface area contributed by atoms with Crippen LogP contribution in [-0.2, 0) is 10.3 Å². The minimum Gasteiger partial charge on any atom is -0.507 e. The van der Waals surface area contributed by atoms with Gasteiger partial charge >= 0.3 is 0 Å². The van der Waals surface area contributed by atoms with E-state index in [2.05, 4.69) is 10.1 Å². The summed E-state index contributed by atoms with van der Waals surface area (Å²) in [6.45, 7) is 0. The molecule has 4 atom stereocenters. The lowest BCUT2D eigenvalue weighted by Gasteiger charge is -2.24. The highest BCUT2D eigenvalue weighted by atomic mass is 16.6. The molecule has 3 heterocycles. The molecule has 1 unspecified atom stereocenters. The van der Waals surface area contributed by atoms with Crippen LogP contribution in [-0.4, -0.2) is 54.0 Å². The third-order valence-corrected chi connectivity index (χ3v) is 5.18. The maximum atomic E-state index is 12.5. The number of hydrogen-bond donors (Lipinski definition) is 4. The first-order chi connectivity index (χ1) is 14.7. The fourth-order valence-electron chi connectivity index (χ4n) is 3.62. The van der Waals surface area contributed by atoms with Gasteiger partial charge in [-0.15, -0.1) is 0 Å². The molecule has 10 nitrogen and oxygen atoms in total. The summed E-state index contributed by atoms with van der Waals surface area (Å²) in [6, 6.07) is 10.7. The SMILES string of the molecule is [2H][C@@]1(O)[C@H](O)C(CCC(=O)c2ccccc2O)O[C@@]1(C#N)c1ccc2c(N)ncnn12. The van der Waals surface area contributed by atoms with Crippen molar-refractivity contribution in [1.82, 2.24) is 14.6 Å². The number of rotatable bonds is 5. The van der Waals surface area contributed by atoms with E-state index in [4.69, 9.17) is 11.8 Å². The Balaban J connectivity index is 1.65. The van der Waals surface area contributed by atoms with Crippen LogP contribution in [0.1, 0.15) is 30.3 Å². The first-order valence-corrected chi connectivity index (χ1v) is 9.12. The van der Waals surface area contributed by atoms with Gasteiger partial charge in [-0.1, -0.05) is 12.1 Å². The van der Waals surface area contributed by atoms with E-state index in [1.54, 1.807) is 18.2 Å². The lowest BCUT2D eigenvalue weighted by molar-refractivity contribution is -0.0521. The summed E-state index contributed by atoms with van der Waals surface area (Å²) in [5.41, 5.74) is 3.94. The number of ether oxygens (including phenoxy) is 1. The molecule has 1 saturated heterocycles. The summed E-state index contributed by atoms with van der Waals surface area (Å²) >= 11 is 0. The Morgan fingerprint density at radius 1 is 1.37 bits per heavy atom. The van der Waals surface area contributed by atoms with Crippen LogP contribution in [0, 0.1) is 11.3 Å². The number of aliphatic hydroxyl groups is 2. The number of phenolic OH excluding ortho intramolecular Hbond substituents is 1. The van der Waals surface area contributed by atoms with E-state index in [1.807, 2.05) is 0 Å². The molecule has 0 radical (unpaired) electrons. The lowest BCUT2D eigenvalue weighted by atomic mass is 9.91. The first kappa shape index (κ1) is 18.5. The summed E-state index contributed by atoms with van der Waals surface area (Å²) in [6.07, 6.45) is -4.87. The molecule has 0 saturated carbocycles. The van der Waals surface area contributed by atoms with Crippen LogP contribution in [0.15, 0.2) is 42.7 Å². The van der Waals surface area contributed by atoms with Gasteiger partial charge in [0.25, 0.3) is 0 Å². The fourth-order valence-corrected chi connectivity index (χ4v) is 3.62. The van der Waals surface area contributed by atoms with Crippen LogP contribution in [0.25, 0.3) is 5.52 Å². The number of carbonyl (C=O) groups is 1. The summed E-state index contributed by atoms with van der Waals surface area (Å²) in [5.74, 6) is -0.475. The number of phenols is 1. The number of hydrogen-bond acceptors (Lipinski definition) is 9. The van der Waals surface area contributed by atoms with Crippen LogP contribution in [0.5, 0.6) is 5.75 Å². The maximum Gasteiger partial charge on any atom is 0.225 e. The third-order valence-electron chi connectivity index (χ3n) is 5.18. The van der Waals surface area contributed by atoms with Gasteiger partial charge in [-0.25, -0.2) is 9.50 Å². The van der Waals surface area contributed by atoms with Crippen LogP contribution in [0.2, 0.25) is 0 Å². The second-order valence-corrected chi connectivity index (χ2v) is 6.92. The van der Waals surface area contributed by atoms with Crippen molar-refractivity contribution in [3.63, 3.8) is 0 Å². The van der Waals surface area contributed by atoms with Crippen molar-refractivity contribution in [2.75, 3.05) is 5.73 Å². The second kappa shape index (κ2) is 7.38. The largest absolute Gasteiger partial charge is 0.507 e. The van der Waals surface area contributed by atoms with E-state index in [0.29, 0.717) is 5.52 Å². The Hall–Kier alpha value is -3.52. The van der Waals surface area contributed by atoms with Crippen molar-refractivity contribution in [2.24, 2.45) is 0 Å². The molecular weight excluding hydrogens is 390 g/mol. The normalized spacial score (nSPS) is 28.9. The first-order valence-electron chi connectivity index (χ1n) is 9.62. The number of fused-ring (bicyclic) bond motifs is 1. The van der Waals surface area contributed by atoms with Gasteiger partial charge in [-0.05, 0) is 30.7 Å². The number of anilines is 1. The Morgan fingerprint density at radius 2 is 2.13 bits per heavy atom. The minimum atomic E-state index is -2.77. The van der Waals surface area contributed by atoms with Gasteiger partial charge < -0.3 is 25.8 Å². The van der Waals surface area contributed by atoms with Gasteiger partial charge in [0.05, 0.1) is 18.7 Å². The molecule has 2 aromatic heterocycles. The number of benzene rings is 1. The van der Waals surface area contributed by atoms with Gasteiger partial charge in [-0.3, -0.25) is 4.79 Å². The number of aliphatic hydroxyl groups excluding tert-OH is 1. The Morgan fingerprint density at radius 3 is 2.87 bits per heavy atom. The molecule has 154 valence electrons. The Labute approximate surface area is 172 Å². The molecule has 1 fully saturated rings. The Kier molecular flexibility index (Phi) is 4.55. The molecule has 0 spiro atoms. The van der Waals surface area contributed by atoms with Crippen LogP contribution >= 0.6 is 0 Å². The molecule has 5 N–H and O–H groups in total. The van der Waals surface area contributed by atoms with Gasteiger partial charge in [0.2, 0.25) is 5.60 Å². The predicted octanol–water partition coefficient (Wildman–Crippen LogP) is 0.520. The smallest absolute Gasteiger partial charge is 0.225 e. The van der Waals surface area contributed by atoms with Crippen molar-refractivity contribution in [2.45, 2.75) is 36.7 Å². The maximum absolute atomic E-state index is 12.5. The van der Waals surface area contributed by atoms with Crippen LogP contribution < -0.4 is 5.73 Å². The van der Waals surface area contributed by atoms with Crippen LogP contribution in [0.3, 0.4) is 0 Å². The van der Waals surface area contributed by atoms with Crippen LogP contribution in [0.4, 0.5) is 5.82 Å². The highest BCUT2D eigenvalue weighted by Gasteiger charge is 2.57. The van der Waals surface area contributed by atoms with Crippen molar-refractivity contribution < 1.29 is 26.2 Å². The molecule has 0 bridgehead atoms. The number of aromatic nitrogens is 3. The fraction of sp³-hybridized carbons (Fsp3) is 0.300. The topological polar surface area (TPSA) is 167 Å². The molecule has 3 aromatic rings. The molecule has 10 heteroatoms. The van der Waals surface area contributed by atoms with Crippen molar-refractivity contribution >= 4 is 17.1 Å². The van der Waals surface area contributed by atoms with E-state index in [-0.39, 0.29) is 35.7 Å². The number of nitrogens with zero attached hydrogens (tertiary/aromatic N) is 4. The number of nitrogens with two attached hydrogens (primary N) is 1. The molecule has 4 rings (SSSR count). The zero-order valence-electron chi connectivity index (χ0n) is 16.6. The molecule has 0 aliphatic carbocycles. The molecule has 1 aromatic carbocycles. The highest BCUT2D eigenvalue weighted by Crippen LogP contribution is 2.41. The number of para-hydroxylation sites is 1. The van der Waals surface area contributed by atoms with E-state index >= 15 is 0 Å². The third kappa shape index (κ3) is 2.96. The van der Waals surface area contributed by atoms with Crippen molar-refractivity contribution in [1.29, 1.82) is 5.26 Å². The van der Waals surface area contributed by atoms with Gasteiger partial charge in [-0.2, -0.15) is 10.4 Å². The average Bonchev–Trinajstić information content (AvgIpc) is 3.26. The molecule has 30 heavy (non-hydrogen) atoms. The quantitative estimate of drug-likeness (QED) is 0.438. The van der Waals surface area contributed by atoms with E-state index in [1.165, 1.54) is 28.8 Å². The van der Waals surface area contributed by atoms with Gasteiger partial charge in [0, 0.05) is 6.42 Å². The summed E-state index contributed by atoms with van der Waals surface area (Å²) < 4.78 is 15.3. The van der Waals surface area contributed by atoms with E-state index < -0.39 is 29.7 Å². The zero-order valence-corrected chi connectivity index (χ0v) is 15.6. The number of carbonyl (C=O) groups excluding carboxylic acids is 1. The lowest BCUT2D eigenvalue weighted by Crippen LogP contribution is -2.40. The Bertz CT molecular complexity index is 1210. The molecule has 1 aliphatic rings. The summed E-state index contributed by atoms with van der Waals surface area (Å²) in [4.78, 5) is 16.3. The van der Waals surface area contributed by atoms with E-state index in [0.717, 1.165) is 6.33 Å². The standard InChI is InChI=1S/C20H19N5O5/c21-9-20(16-8-5-12-19(22)23-10-24-25(12)16)18(29)17(28)15(30-20)7-6-14(27)11-3-1-2-4-13(11)26/h1-5,8,10,15,17-18,26,28-29H,6-7H2,(H2,22,23,24)/t15?,17-,18-,20+/m1/s1/i18D. The van der Waals surface area contributed by atoms with Crippen molar-refractivity contribution in [3.05, 3.63) is 54.0 Å². The number of ketones is 1. The average molecular weight is 410 g/mol. The highest BCUT2D eigenvalue weighted by molar-refractivity contribution is 5.98. The number of aromatic hydroxyl groups is 1. The van der Waals surface area contributed by atoms with Gasteiger partial charge in [0.1, 0.15) is 35.8 Å². The number of Topliss-reactive ketones (excluding diaryl/α,β-unsaturated/α-hetero) is 1. The monoisotopic (exact) mass is 410 g/mol. The van der Waals surface area contributed by atoms with E-state index in [9.17, 15) is 25.4 Å². The predicted molar refractivity (Wildman–Crippen MR) is 103 cm³/mol. The molecule has 0 amide bonds. The molecule has 1 aliphatic heterocycles. The number of nitriles is 1. The minimum absolute atomic E-state index is 0.00909. The summed E-state index contributed by atoms with van der Waals surface area (Å²) in [5, 5.41) is 45.2. The number of nitrogen functional groups attached to an aromatic ring is 1. The second-order valence-electron chi connectivity index (χ2n) is 6.92. The zero-order chi connectivity index (χ0) is 22.4.